The summed E-state index contributed by atoms with van der Waals surface area (Å²) in [6, 6.07) is 0. The van der Waals surface area contributed by atoms with Gasteiger partial charge in [0, 0.05) is 0 Å². The molecule has 0 aromatic rings. The maximum atomic E-state index is 11.3. The number of carbonyl (C=O) groups excluding carboxylic acids is 1. The Morgan fingerprint density at radius 2 is 1.94 bits per heavy atom. The summed E-state index contributed by atoms with van der Waals surface area (Å²) in [6.45, 7) is 2.10. The van der Waals surface area contributed by atoms with E-state index in [1.54, 1.807) is 0 Å². The van der Waals surface area contributed by atoms with Gasteiger partial charge in [0.25, 0.3) is 0 Å². The van der Waals surface area contributed by atoms with E-state index < -0.39 is 0 Å². The van der Waals surface area contributed by atoms with Crippen LogP contribution in [0.5, 0.6) is 0 Å². The van der Waals surface area contributed by atoms with Crippen molar-refractivity contribution in [2.45, 2.75) is 51.4 Å². The maximum absolute atomic E-state index is 11.3. The summed E-state index contributed by atoms with van der Waals surface area (Å²) < 4.78 is 10.6. The topological polar surface area (TPSA) is 47.6 Å². The number of hydrogen-bond donors (Lipinski definition) is 1. The van der Waals surface area contributed by atoms with E-state index in [9.17, 15) is 4.79 Å². The number of esters is 1. The van der Waals surface area contributed by atoms with Crippen molar-refractivity contribution in [1.29, 1.82) is 0 Å². The molecule has 0 amide bonds. The highest BCUT2D eigenvalue weighted by molar-refractivity contribution is 5.85. The van der Waals surface area contributed by atoms with E-state index in [1.165, 1.54) is 7.11 Å². The van der Waals surface area contributed by atoms with Gasteiger partial charge in [-0.2, -0.15) is 0 Å². The van der Waals surface area contributed by atoms with Crippen molar-refractivity contribution in [2.24, 2.45) is 5.92 Å². The van der Waals surface area contributed by atoms with Crippen molar-refractivity contribution in [1.82, 2.24) is 5.32 Å². The van der Waals surface area contributed by atoms with Gasteiger partial charge >= 0.3 is 5.97 Å². The molecule has 1 atom stereocenters. The van der Waals surface area contributed by atoms with E-state index in [0.29, 0.717) is 6.10 Å². The first-order chi connectivity index (χ1) is 7.71. The average Bonchev–Trinajstić information content (AvgIpc) is 2.35. The van der Waals surface area contributed by atoms with Crippen LogP contribution in [-0.4, -0.2) is 32.5 Å². The van der Waals surface area contributed by atoms with Crippen LogP contribution in [0.3, 0.4) is 0 Å². The smallest absolute Gasteiger partial charge is 0.308 e. The fraction of sp³-hybridized carbons (Fsp3) is 0.917. The first-order valence-corrected chi connectivity index (χ1v) is 6.11. The molecule has 0 spiro atoms. The number of carbonyl (C=O) groups is 1. The Kier molecular flexibility index (Phi) is 8.56. The van der Waals surface area contributed by atoms with E-state index in [2.05, 4.69) is 12.2 Å². The van der Waals surface area contributed by atoms with Crippen molar-refractivity contribution in [3.8, 4) is 0 Å². The van der Waals surface area contributed by atoms with Gasteiger partial charge in [0.05, 0.1) is 19.1 Å². The highest BCUT2D eigenvalue weighted by atomic mass is 35.5. The highest BCUT2D eigenvalue weighted by Gasteiger charge is 2.28. The molecule has 0 unspecified atom stereocenters. The zero-order valence-corrected chi connectivity index (χ0v) is 11.7. The molecule has 0 heterocycles. The average molecular weight is 266 g/mol. The molecule has 1 fully saturated rings. The van der Waals surface area contributed by atoms with Gasteiger partial charge in [-0.25, -0.2) is 0 Å². The summed E-state index contributed by atoms with van der Waals surface area (Å²) in [5.41, 5.74) is 0. The number of hydrogen-bond acceptors (Lipinski definition) is 4. The minimum Gasteiger partial charge on any atom is -0.469 e. The van der Waals surface area contributed by atoms with Crippen LogP contribution < -0.4 is 5.32 Å². The number of halogens is 1. The van der Waals surface area contributed by atoms with Crippen molar-refractivity contribution < 1.29 is 14.3 Å². The molecular formula is C12H24ClNO3. The number of methoxy groups -OCH3 is 1. The monoisotopic (exact) mass is 265 g/mol. The molecule has 1 rings (SSSR count). The minimum absolute atomic E-state index is 0. The quantitative estimate of drug-likeness (QED) is 0.611. The SMILES string of the molecule is CC[C@@H](NC)OC1CCC(C(=O)OC)CC1.Cl. The second-order valence-corrected chi connectivity index (χ2v) is 4.32. The zero-order chi connectivity index (χ0) is 12.0. The molecule has 1 N–H and O–H groups in total. The molecular weight excluding hydrogens is 242 g/mol. The molecule has 1 aliphatic rings. The molecule has 1 saturated carbocycles. The van der Waals surface area contributed by atoms with E-state index in [0.717, 1.165) is 32.1 Å². The highest BCUT2D eigenvalue weighted by Crippen LogP contribution is 2.27. The van der Waals surface area contributed by atoms with Gasteiger partial charge < -0.3 is 9.47 Å². The third-order valence-electron chi connectivity index (χ3n) is 3.26. The Labute approximate surface area is 110 Å². The normalized spacial score (nSPS) is 25.8. The lowest BCUT2D eigenvalue weighted by Gasteiger charge is -2.29. The summed E-state index contributed by atoms with van der Waals surface area (Å²) in [5.74, 6) is 0.0126. The van der Waals surface area contributed by atoms with E-state index in [-0.39, 0.29) is 30.5 Å². The maximum Gasteiger partial charge on any atom is 0.308 e. The summed E-state index contributed by atoms with van der Waals surface area (Å²) in [4.78, 5) is 11.3. The zero-order valence-electron chi connectivity index (χ0n) is 10.9. The summed E-state index contributed by atoms with van der Waals surface area (Å²) in [6.07, 6.45) is 5.08. The van der Waals surface area contributed by atoms with Crippen LogP contribution in [0.15, 0.2) is 0 Å². The summed E-state index contributed by atoms with van der Waals surface area (Å²) in [5, 5.41) is 3.13. The Hall–Kier alpha value is -0.320. The predicted molar refractivity (Wildman–Crippen MR) is 69.2 cm³/mol. The number of nitrogens with one attached hydrogen (secondary N) is 1. The van der Waals surface area contributed by atoms with Crippen LogP contribution in [0.1, 0.15) is 39.0 Å². The molecule has 0 radical (unpaired) electrons. The van der Waals surface area contributed by atoms with E-state index >= 15 is 0 Å². The molecule has 0 saturated heterocycles. The van der Waals surface area contributed by atoms with Gasteiger partial charge in [-0.1, -0.05) is 6.92 Å². The van der Waals surface area contributed by atoms with Gasteiger partial charge in [-0.05, 0) is 39.2 Å². The minimum atomic E-state index is -0.0703. The molecule has 0 bridgehead atoms. The van der Waals surface area contributed by atoms with Crippen molar-refractivity contribution in [3.63, 3.8) is 0 Å². The van der Waals surface area contributed by atoms with Gasteiger partial charge in [-0.15, -0.1) is 12.4 Å². The first kappa shape index (κ1) is 16.7. The lowest BCUT2D eigenvalue weighted by Crippen LogP contribution is -2.35. The summed E-state index contributed by atoms with van der Waals surface area (Å²) in [7, 11) is 3.37. The Morgan fingerprint density at radius 1 is 1.35 bits per heavy atom. The third kappa shape index (κ3) is 5.23. The van der Waals surface area contributed by atoms with Gasteiger partial charge in [0.2, 0.25) is 0 Å². The van der Waals surface area contributed by atoms with E-state index in [1.807, 2.05) is 7.05 Å². The van der Waals surface area contributed by atoms with Crippen LogP contribution in [0, 0.1) is 5.92 Å². The van der Waals surface area contributed by atoms with E-state index in [4.69, 9.17) is 9.47 Å². The van der Waals surface area contributed by atoms with Crippen LogP contribution >= 0.6 is 12.4 Å². The van der Waals surface area contributed by atoms with Gasteiger partial charge in [0.15, 0.2) is 0 Å². The fourth-order valence-corrected chi connectivity index (χ4v) is 2.20. The Balaban J connectivity index is 0.00000256. The van der Waals surface area contributed by atoms with Crippen LogP contribution in [-0.2, 0) is 14.3 Å². The molecule has 5 heteroatoms. The Morgan fingerprint density at radius 3 is 2.35 bits per heavy atom. The van der Waals surface area contributed by atoms with Crippen molar-refractivity contribution in [2.75, 3.05) is 14.2 Å². The standard InChI is InChI=1S/C12H23NO3.ClH/c1-4-11(13-2)16-10-7-5-9(6-8-10)12(14)15-3;/h9-11,13H,4-8H2,1-3H3;1H/t9?,10?,11-;/m0./s1. The molecule has 0 aromatic heterocycles. The lowest BCUT2D eigenvalue weighted by molar-refractivity contribution is -0.148. The van der Waals surface area contributed by atoms with Crippen LogP contribution in [0.25, 0.3) is 0 Å². The lowest BCUT2D eigenvalue weighted by atomic mass is 9.87. The fourth-order valence-electron chi connectivity index (χ4n) is 2.20. The number of rotatable bonds is 5. The van der Waals surface area contributed by atoms with Crippen molar-refractivity contribution >= 4 is 18.4 Å². The molecule has 4 nitrogen and oxygen atoms in total. The molecule has 0 aliphatic heterocycles. The molecule has 17 heavy (non-hydrogen) atoms. The van der Waals surface area contributed by atoms with Crippen LogP contribution in [0.4, 0.5) is 0 Å². The third-order valence-corrected chi connectivity index (χ3v) is 3.26. The first-order valence-electron chi connectivity index (χ1n) is 6.11. The second kappa shape index (κ2) is 8.72. The largest absolute Gasteiger partial charge is 0.469 e. The molecule has 102 valence electrons. The Bertz CT molecular complexity index is 214. The molecule has 0 aromatic carbocycles. The molecule has 1 aliphatic carbocycles. The van der Waals surface area contributed by atoms with Gasteiger partial charge in [0.1, 0.15) is 6.23 Å². The van der Waals surface area contributed by atoms with Crippen molar-refractivity contribution in [3.05, 3.63) is 0 Å². The summed E-state index contributed by atoms with van der Waals surface area (Å²) >= 11 is 0. The number of ether oxygens (including phenoxy) is 2. The van der Waals surface area contributed by atoms with Gasteiger partial charge in [-0.3, -0.25) is 10.1 Å². The van der Waals surface area contributed by atoms with Crippen LogP contribution in [0.2, 0.25) is 0 Å². The predicted octanol–water partition coefficient (Wildman–Crippen LogP) is 2.11. The second-order valence-electron chi connectivity index (χ2n) is 4.32.